The maximum Gasteiger partial charge on any atom is 0.0894 e. The van der Waals surface area contributed by atoms with Crippen LogP contribution in [0.25, 0.3) is 0 Å². The smallest absolute Gasteiger partial charge is 0.0894 e. The van der Waals surface area contributed by atoms with Crippen LogP contribution in [0.1, 0.15) is 28.6 Å². The van der Waals surface area contributed by atoms with E-state index in [4.69, 9.17) is 5.73 Å². The molecular weight excluding hydrogens is 290 g/mol. The van der Waals surface area contributed by atoms with Gasteiger partial charge in [0, 0.05) is 6.54 Å². The van der Waals surface area contributed by atoms with Gasteiger partial charge in [-0.15, -0.1) is 0 Å². The number of aromatic nitrogens is 2. The molecule has 1 aromatic heterocycles. The molecule has 0 aliphatic rings. The van der Waals surface area contributed by atoms with Crippen molar-refractivity contribution in [3.8, 4) is 0 Å². The van der Waals surface area contributed by atoms with Crippen molar-refractivity contribution in [2.45, 2.75) is 26.8 Å². The van der Waals surface area contributed by atoms with Gasteiger partial charge in [0.1, 0.15) is 0 Å². The quantitative estimate of drug-likeness (QED) is 0.947. The Morgan fingerprint density at radius 2 is 1.83 bits per heavy atom. The zero-order valence-electron chi connectivity index (χ0n) is 10.9. The number of hydrogen-bond acceptors (Lipinski definition) is 2. The maximum absolute atomic E-state index is 5.93. The van der Waals surface area contributed by atoms with Gasteiger partial charge in [-0.05, 0) is 42.3 Å². The number of halogens is 1. The van der Waals surface area contributed by atoms with Crippen LogP contribution >= 0.6 is 15.9 Å². The average molecular weight is 308 g/mol. The van der Waals surface area contributed by atoms with Crippen molar-refractivity contribution in [3.63, 3.8) is 0 Å². The summed E-state index contributed by atoms with van der Waals surface area (Å²) in [5.74, 6) is 0. The lowest BCUT2D eigenvalue weighted by Gasteiger charge is -2.18. The third-order valence-electron chi connectivity index (χ3n) is 3.22. The predicted octanol–water partition coefficient (Wildman–Crippen LogP) is 3.12. The predicted molar refractivity (Wildman–Crippen MR) is 77.8 cm³/mol. The monoisotopic (exact) mass is 307 g/mol. The van der Waals surface area contributed by atoms with Gasteiger partial charge >= 0.3 is 0 Å². The lowest BCUT2D eigenvalue weighted by Crippen LogP contribution is -2.22. The first-order valence-corrected chi connectivity index (χ1v) is 6.81. The molecule has 0 saturated heterocycles. The maximum atomic E-state index is 5.93. The zero-order chi connectivity index (χ0) is 13.3. The van der Waals surface area contributed by atoms with Crippen LogP contribution in [0.4, 0.5) is 0 Å². The highest BCUT2D eigenvalue weighted by Crippen LogP contribution is 2.26. The molecule has 0 fully saturated rings. The molecule has 0 radical (unpaired) electrons. The standard InChI is InChI=1S/C14H18BrN3/c1-9-4-6-12(7-5-9)13(8-16)18-11(3)14(15)10(2)17-18/h4-7,13H,8,16H2,1-3H3. The second kappa shape index (κ2) is 5.24. The Morgan fingerprint density at radius 3 is 2.28 bits per heavy atom. The first-order valence-electron chi connectivity index (χ1n) is 6.02. The van der Waals surface area contributed by atoms with Gasteiger partial charge in [-0.3, -0.25) is 4.68 Å². The van der Waals surface area contributed by atoms with Gasteiger partial charge in [0.2, 0.25) is 0 Å². The number of hydrogen-bond donors (Lipinski definition) is 1. The third kappa shape index (κ3) is 2.35. The number of benzene rings is 1. The van der Waals surface area contributed by atoms with Crippen LogP contribution in [0.15, 0.2) is 28.7 Å². The van der Waals surface area contributed by atoms with Gasteiger partial charge < -0.3 is 5.73 Å². The Kier molecular flexibility index (Phi) is 3.88. The molecule has 1 heterocycles. The number of rotatable bonds is 3. The highest BCUT2D eigenvalue weighted by atomic mass is 79.9. The SMILES string of the molecule is Cc1ccc(C(CN)n2nc(C)c(Br)c2C)cc1. The second-order valence-corrected chi connectivity index (χ2v) is 5.38. The van der Waals surface area contributed by atoms with Crippen LogP contribution in [0.3, 0.4) is 0 Å². The summed E-state index contributed by atoms with van der Waals surface area (Å²) in [6.07, 6.45) is 0. The summed E-state index contributed by atoms with van der Waals surface area (Å²) in [5.41, 5.74) is 10.5. The summed E-state index contributed by atoms with van der Waals surface area (Å²) in [7, 11) is 0. The van der Waals surface area contributed by atoms with Crippen molar-refractivity contribution in [1.82, 2.24) is 9.78 Å². The van der Waals surface area contributed by atoms with E-state index in [9.17, 15) is 0 Å². The van der Waals surface area contributed by atoms with Crippen LogP contribution in [-0.4, -0.2) is 16.3 Å². The fraction of sp³-hybridized carbons (Fsp3) is 0.357. The summed E-state index contributed by atoms with van der Waals surface area (Å²) in [5, 5.41) is 4.57. The zero-order valence-corrected chi connectivity index (χ0v) is 12.5. The second-order valence-electron chi connectivity index (χ2n) is 4.59. The van der Waals surface area contributed by atoms with E-state index in [0.717, 1.165) is 15.9 Å². The number of aryl methyl sites for hydroxylation is 2. The molecule has 2 N–H and O–H groups in total. The van der Waals surface area contributed by atoms with Gasteiger partial charge in [0.25, 0.3) is 0 Å². The van der Waals surface area contributed by atoms with Gasteiger partial charge in [-0.1, -0.05) is 29.8 Å². The van der Waals surface area contributed by atoms with E-state index in [-0.39, 0.29) is 6.04 Å². The third-order valence-corrected chi connectivity index (χ3v) is 4.36. The van der Waals surface area contributed by atoms with E-state index in [1.165, 1.54) is 11.1 Å². The summed E-state index contributed by atoms with van der Waals surface area (Å²) >= 11 is 3.56. The molecular formula is C14H18BrN3. The van der Waals surface area contributed by atoms with Gasteiger partial charge in [-0.25, -0.2) is 0 Å². The van der Waals surface area contributed by atoms with E-state index in [0.29, 0.717) is 6.54 Å². The van der Waals surface area contributed by atoms with Crippen molar-refractivity contribution < 1.29 is 0 Å². The summed E-state index contributed by atoms with van der Waals surface area (Å²) < 4.78 is 3.07. The Morgan fingerprint density at radius 1 is 1.22 bits per heavy atom. The molecule has 3 nitrogen and oxygen atoms in total. The van der Waals surface area contributed by atoms with Crippen molar-refractivity contribution >= 4 is 15.9 Å². The Bertz CT molecular complexity index is 543. The lowest BCUT2D eigenvalue weighted by atomic mass is 10.1. The van der Waals surface area contributed by atoms with Crippen LogP contribution in [-0.2, 0) is 0 Å². The molecule has 0 amide bonds. The van der Waals surface area contributed by atoms with Crippen molar-refractivity contribution in [1.29, 1.82) is 0 Å². The number of nitrogens with two attached hydrogens (primary N) is 1. The van der Waals surface area contributed by atoms with E-state index >= 15 is 0 Å². The van der Waals surface area contributed by atoms with Gasteiger partial charge in [0.15, 0.2) is 0 Å². The molecule has 96 valence electrons. The molecule has 0 aliphatic heterocycles. The molecule has 1 aromatic carbocycles. The minimum Gasteiger partial charge on any atom is -0.328 e. The van der Waals surface area contributed by atoms with Crippen LogP contribution < -0.4 is 5.73 Å². The minimum atomic E-state index is 0.0931. The van der Waals surface area contributed by atoms with Crippen LogP contribution in [0.2, 0.25) is 0 Å². The minimum absolute atomic E-state index is 0.0931. The highest BCUT2D eigenvalue weighted by molar-refractivity contribution is 9.10. The first kappa shape index (κ1) is 13.3. The molecule has 0 spiro atoms. The molecule has 1 unspecified atom stereocenters. The molecule has 0 aliphatic carbocycles. The molecule has 4 heteroatoms. The lowest BCUT2D eigenvalue weighted by molar-refractivity contribution is 0.516. The van der Waals surface area contributed by atoms with Crippen LogP contribution in [0, 0.1) is 20.8 Å². The molecule has 0 saturated carbocycles. The van der Waals surface area contributed by atoms with Crippen molar-refractivity contribution in [3.05, 3.63) is 51.3 Å². The highest BCUT2D eigenvalue weighted by Gasteiger charge is 2.18. The molecule has 0 bridgehead atoms. The van der Waals surface area contributed by atoms with E-state index in [2.05, 4.69) is 59.1 Å². The Labute approximate surface area is 116 Å². The van der Waals surface area contributed by atoms with E-state index in [1.807, 2.05) is 11.6 Å². The van der Waals surface area contributed by atoms with Gasteiger partial charge in [-0.2, -0.15) is 5.10 Å². The summed E-state index contributed by atoms with van der Waals surface area (Å²) in [6, 6.07) is 8.56. The summed E-state index contributed by atoms with van der Waals surface area (Å²) in [6.45, 7) is 6.68. The molecule has 18 heavy (non-hydrogen) atoms. The van der Waals surface area contributed by atoms with Crippen LogP contribution in [0.5, 0.6) is 0 Å². The fourth-order valence-corrected chi connectivity index (χ4v) is 2.37. The Balaban J connectivity index is 2.45. The fourth-order valence-electron chi connectivity index (χ4n) is 2.11. The van der Waals surface area contributed by atoms with E-state index in [1.54, 1.807) is 0 Å². The normalized spacial score (nSPS) is 12.7. The summed E-state index contributed by atoms with van der Waals surface area (Å²) in [4.78, 5) is 0. The molecule has 1 atom stereocenters. The topological polar surface area (TPSA) is 43.8 Å². The average Bonchev–Trinajstić information content (AvgIpc) is 2.61. The van der Waals surface area contributed by atoms with Crippen molar-refractivity contribution in [2.24, 2.45) is 5.73 Å². The Hall–Kier alpha value is -1.13. The largest absolute Gasteiger partial charge is 0.328 e. The van der Waals surface area contributed by atoms with Crippen molar-refractivity contribution in [2.75, 3.05) is 6.54 Å². The molecule has 2 rings (SSSR count). The van der Waals surface area contributed by atoms with E-state index < -0.39 is 0 Å². The first-order chi connectivity index (χ1) is 8.54. The van der Waals surface area contributed by atoms with Gasteiger partial charge in [0.05, 0.1) is 21.9 Å². The molecule has 2 aromatic rings. The number of nitrogens with zero attached hydrogens (tertiary/aromatic N) is 2.